The van der Waals surface area contributed by atoms with E-state index in [2.05, 4.69) is 67.8 Å². The fourth-order valence-corrected chi connectivity index (χ4v) is 7.74. The van der Waals surface area contributed by atoms with Gasteiger partial charge in [-0.15, -0.1) is 0 Å². The third-order valence-electron chi connectivity index (χ3n) is 11.1. The Kier molecular flexibility index (Phi) is 40.0. The zero-order valence-corrected chi connectivity index (χ0v) is 59.4. The van der Waals surface area contributed by atoms with Crippen molar-refractivity contribution in [3.05, 3.63) is 321 Å². The minimum atomic E-state index is -4.39. The van der Waals surface area contributed by atoms with E-state index < -0.39 is 93.1 Å². The van der Waals surface area contributed by atoms with E-state index in [4.69, 9.17) is 56.2 Å². The van der Waals surface area contributed by atoms with Gasteiger partial charge in [-0.1, -0.05) is 24.3 Å². The molecule has 0 aliphatic rings. The highest BCUT2D eigenvalue weighted by Crippen LogP contribution is 2.33. The van der Waals surface area contributed by atoms with E-state index in [-0.39, 0.29) is 28.8 Å². The topological polar surface area (TPSA) is 223 Å². The van der Waals surface area contributed by atoms with Crippen LogP contribution in [0.5, 0.6) is 63.2 Å². The second-order valence-electron chi connectivity index (χ2n) is 19.8. The van der Waals surface area contributed by atoms with Crippen LogP contribution in [0.25, 0.3) is 0 Å². The van der Waals surface area contributed by atoms with Crippen LogP contribution in [0.1, 0.15) is 33.4 Å². The van der Waals surface area contributed by atoms with Crippen LogP contribution >= 0.6 is 67.8 Å². The lowest BCUT2D eigenvalue weighted by Crippen LogP contribution is -2.04. The molecule has 0 bridgehead atoms. The van der Waals surface area contributed by atoms with Crippen LogP contribution in [0.3, 0.4) is 0 Å². The fraction of sp³-hybridized carbons (Fsp3) is 0.0833. The van der Waals surface area contributed by atoms with Crippen LogP contribution in [0, 0.1) is 96.6 Å². The number of phenols is 11. The summed E-state index contributed by atoms with van der Waals surface area (Å²) in [6, 6.07) is 45.8. The highest BCUT2D eigenvalue weighted by molar-refractivity contribution is 14.1. The molecule has 0 radical (unpaired) electrons. The number of hydrogen-bond acceptors (Lipinski definition) is 11. The summed E-state index contributed by atoms with van der Waals surface area (Å²) in [5, 5.41) is 95.6. The zero-order chi connectivity index (χ0) is 77.8. The number of benzene rings is 11. The predicted octanol–water partition coefficient (Wildman–Crippen LogP) is 21.8. The molecule has 0 aliphatic carbocycles. The Hall–Kier alpha value is -9.71. The molecule has 0 fully saturated rings. The van der Waals surface area contributed by atoms with Crippen LogP contribution in [-0.2, 0) is 12.4 Å². The Morgan fingerprint density at radius 1 is 0.255 bits per heavy atom. The molecule has 102 heavy (non-hydrogen) atoms. The molecule has 0 heterocycles. The average Bonchev–Trinajstić information content (AvgIpc) is 0.859. The van der Waals surface area contributed by atoms with E-state index in [0.29, 0.717) is 52.8 Å². The molecule has 11 aromatic carbocycles. The highest BCUT2D eigenvalue weighted by atomic mass is 127. The van der Waals surface area contributed by atoms with Crippen molar-refractivity contribution in [2.24, 2.45) is 0 Å². The lowest BCUT2D eigenvalue weighted by Gasteiger charge is -2.07. The van der Waals surface area contributed by atoms with E-state index >= 15 is 0 Å². The van der Waals surface area contributed by atoms with Crippen molar-refractivity contribution in [1.82, 2.24) is 0 Å². The SMILES string of the molecule is Cc1cc(O)cc(C(F)(F)F)c1.Cc1cc(O)cc(C)c1I.Cc1cccc(O)c1.Oc1cc(F)c(F)c(F)c1.Oc1cc(F)cc(F)c1.Oc1ccc(C(F)(F)F)cc1.Oc1ccc(F)c(F)c1.Oc1ccc(F)cc1.Oc1ccc(I)cc1.Oc1cccc(F)c1F.Oc1cccc(I)c1. The highest BCUT2D eigenvalue weighted by Gasteiger charge is 2.31. The molecule has 30 heteroatoms. The monoisotopic (exact) mass is 1780 g/mol. The van der Waals surface area contributed by atoms with Gasteiger partial charge >= 0.3 is 12.4 Å². The molecule has 0 saturated heterocycles. The molecule has 0 saturated carbocycles. The van der Waals surface area contributed by atoms with Gasteiger partial charge in [0.15, 0.2) is 46.5 Å². The van der Waals surface area contributed by atoms with Gasteiger partial charge in [0.05, 0.1) is 11.1 Å². The van der Waals surface area contributed by atoms with Crippen molar-refractivity contribution in [1.29, 1.82) is 0 Å². The molecule has 0 aromatic heterocycles. The second-order valence-corrected chi connectivity index (χ2v) is 23.4. The van der Waals surface area contributed by atoms with E-state index in [1.165, 1.54) is 46.9 Å². The molecule has 0 aliphatic heterocycles. The summed E-state index contributed by atoms with van der Waals surface area (Å²) in [6.07, 6.45) is -8.71. The van der Waals surface area contributed by atoms with Gasteiger partial charge in [0.25, 0.3) is 0 Å². The minimum absolute atomic E-state index is 0.0893. The summed E-state index contributed by atoms with van der Waals surface area (Å²) in [4.78, 5) is 0. The van der Waals surface area contributed by atoms with Crippen molar-refractivity contribution < 1.29 is 126 Å². The summed E-state index contributed by atoms with van der Waals surface area (Å²) >= 11 is 6.61. The molecule has 0 unspecified atom stereocenters. The average molecular weight is 1780 g/mol. The summed E-state index contributed by atoms with van der Waals surface area (Å²) in [6.45, 7) is 7.43. The number of rotatable bonds is 0. The van der Waals surface area contributed by atoms with Crippen LogP contribution in [0.4, 0.5) is 70.2 Å². The maximum absolute atomic E-state index is 12.1. The Labute approximate surface area is 613 Å². The molecular formula is C72H59F16I3O11. The van der Waals surface area contributed by atoms with Crippen molar-refractivity contribution >= 4 is 67.8 Å². The molecule has 546 valence electrons. The first-order valence-electron chi connectivity index (χ1n) is 27.9. The summed E-state index contributed by atoms with van der Waals surface area (Å²) in [5.74, 6) is -11.5. The molecule has 11 N–H and O–H groups in total. The lowest BCUT2D eigenvalue weighted by molar-refractivity contribution is -0.138. The normalized spacial score (nSPS) is 9.95. The Bertz CT molecular complexity index is 3970. The minimum Gasteiger partial charge on any atom is -0.508 e. The smallest absolute Gasteiger partial charge is 0.416 e. The molecule has 11 aromatic rings. The molecular weight excluding hydrogens is 1730 g/mol. The summed E-state index contributed by atoms with van der Waals surface area (Å²) < 4.78 is 195. The first kappa shape index (κ1) is 90.3. The van der Waals surface area contributed by atoms with E-state index in [1.807, 2.05) is 57.2 Å². The van der Waals surface area contributed by atoms with Gasteiger partial charge in [0.2, 0.25) is 0 Å². The van der Waals surface area contributed by atoms with Gasteiger partial charge in [-0.25, -0.2) is 39.5 Å². The Morgan fingerprint density at radius 2 is 0.647 bits per heavy atom. The first-order valence-corrected chi connectivity index (χ1v) is 31.1. The van der Waals surface area contributed by atoms with Gasteiger partial charge in [0, 0.05) is 47.1 Å². The van der Waals surface area contributed by atoms with E-state index in [0.717, 1.165) is 96.6 Å². The van der Waals surface area contributed by atoms with E-state index in [1.54, 1.807) is 48.5 Å². The van der Waals surface area contributed by atoms with Crippen molar-refractivity contribution in [3.63, 3.8) is 0 Å². The van der Waals surface area contributed by atoms with Crippen LogP contribution in [0.15, 0.2) is 218 Å². The Balaban J connectivity index is 0.000000562. The van der Waals surface area contributed by atoms with Gasteiger partial charge in [-0.05, 0) is 275 Å². The third kappa shape index (κ3) is 39.3. The van der Waals surface area contributed by atoms with Crippen molar-refractivity contribution in [2.45, 2.75) is 40.0 Å². The second kappa shape index (κ2) is 45.2. The zero-order valence-electron chi connectivity index (χ0n) is 52.9. The van der Waals surface area contributed by atoms with Crippen molar-refractivity contribution in [2.75, 3.05) is 0 Å². The van der Waals surface area contributed by atoms with Gasteiger partial charge in [-0.2, -0.15) is 30.7 Å². The van der Waals surface area contributed by atoms with Crippen LogP contribution in [-0.4, -0.2) is 56.2 Å². The van der Waals surface area contributed by atoms with Gasteiger partial charge in [-0.3, -0.25) is 0 Å². The van der Waals surface area contributed by atoms with Crippen LogP contribution < -0.4 is 0 Å². The number of aromatic hydroxyl groups is 11. The quantitative estimate of drug-likeness (QED) is 0.0389. The molecule has 0 atom stereocenters. The number of aryl methyl sites for hydroxylation is 4. The lowest BCUT2D eigenvalue weighted by atomic mass is 10.1. The number of phenolic OH excluding ortho intramolecular Hbond substituents is 11. The molecule has 11 nitrogen and oxygen atoms in total. The maximum atomic E-state index is 12.1. The van der Waals surface area contributed by atoms with Crippen LogP contribution in [0.2, 0.25) is 0 Å². The first-order chi connectivity index (χ1) is 47.4. The van der Waals surface area contributed by atoms with Crippen molar-refractivity contribution in [3.8, 4) is 63.2 Å². The third-order valence-corrected chi connectivity index (χ3v) is 14.2. The molecule has 0 spiro atoms. The predicted molar refractivity (Wildman–Crippen MR) is 376 cm³/mol. The summed E-state index contributed by atoms with van der Waals surface area (Å²) in [5.41, 5.74) is 2.18. The fourth-order valence-electron chi connectivity index (χ4n) is 6.55. The van der Waals surface area contributed by atoms with E-state index in [9.17, 15) is 70.2 Å². The molecule has 11 rings (SSSR count). The standard InChI is InChI=1S/C8H7F3O.C8H9IO.C7H5F3O.C7H8O.C6H3F3O.3C6H4F2O.C6H5FO.2C6H5IO/c1-5-2-6(8(9,10)11)4-7(12)3-5;1-5-3-7(10)4-6(2)8(5)9;8-7(9,10)5-1-3-6(11)4-2-5;1-6-3-2-4-7(8)5-6;7-4-1-3(10)2-5(8)6(4)9;7-4-1-5(8)3-6(9)2-4;7-5-2-1-4(9)3-6(5)8;7-4-2-1-3-5(9)6(4)8;2*7-5-1-3-6(8)4-2-5;7-5-2-1-3-6(8)4-5/h2-4,12H,1H3;3-4,10H,1-2H3;1-4,11H;2-5,8H,1H3;1-2,10H;3*1-3,9H;3*1-4,8H. The van der Waals surface area contributed by atoms with Gasteiger partial charge in [0.1, 0.15) is 74.9 Å². The largest absolute Gasteiger partial charge is 0.508 e. The number of hydrogen-bond donors (Lipinski definition) is 11. The Morgan fingerprint density at radius 3 is 1.01 bits per heavy atom. The van der Waals surface area contributed by atoms with Gasteiger partial charge < -0.3 is 56.2 Å². The number of halogens is 19. The number of alkyl halides is 6. The summed E-state index contributed by atoms with van der Waals surface area (Å²) in [7, 11) is 0. The molecule has 0 amide bonds. The maximum Gasteiger partial charge on any atom is 0.416 e.